The number of hydrogen-bond donors (Lipinski definition) is 1. The summed E-state index contributed by atoms with van der Waals surface area (Å²) in [5, 5.41) is 0. The van der Waals surface area contributed by atoms with Gasteiger partial charge < -0.3 is 15.2 Å². The quantitative estimate of drug-likeness (QED) is 0.793. The van der Waals surface area contributed by atoms with Gasteiger partial charge in [0.15, 0.2) is 11.5 Å². The van der Waals surface area contributed by atoms with Crippen molar-refractivity contribution in [1.82, 2.24) is 0 Å². The molecule has 0 atom stereocenters. The van der Waals surface area contributed by atoms with Crippen LogP contribution in [0.1, 0.15) is 5.56 Å². The lowest BCUT2D eigenvalue weighted by Gasteiger charge is -2.12. The van der Waals surface area contributed by atoms with Crippen molar-refractivity contribution in [2.75, 3.05) is 12.8 Å². The molecule has 0 unspecified atom stereocenters. The summed E-state index contributed by atoms with van der Waals surface area (Å²) >= 11 is 6.82. The third kappa shape index (κ3) is 3.42. The molecule has 5 heteroatoms. The number of nitrogen functional groups attached to an aromatic ring is 1. The van der Waals surface area contributed by atoms with Crippen LogP contribution in [0.5, 0.6) is 11.5 Å². The van der Waals surface area contributed by atoms with Crippen molar-refractivity contribution in [3.05, 3.63) is 50.9 Å². The van der Waals surface area contributed by atoms with Gasteiger partial charge in [-0.25, -0.2) is 0 Å². The number of rotatable bonds is 4. The van der Waals surface area contributed by atoms with Crippen LogP contribution >= 0.6 is 31.9 Å². The highest BCUT2D eigenvalue weighted by Crippen LogP contribution is 2.35. The lowest BCUT2D eigenvalue weighted by Crippen LogP contribution is -1.99. The first-order valence-electron chi connectivity index (χ1n) is 5.61. The Morgan fingerprint density at radius 2 is 1.89 bits per heavy atom. The number of halogens is 2. The summed E-state index contributed by atoms with van der Waals surface area (Å²) in [5.74, 6) is 1.38. The highest BCUT2D eigenvalue weighted by atomic mass is 79.9. The van der Waals surface area contributed by atoms with E-state index in [1.165, 1.54) is 0 Å². The van der Waals surface area contributed by atoms with Gasteiger partial charge in [0.05, 0.1) is 11.6 Å². The largest absolute Gasteiger partial charge is 0.493 e. The number of nitrogens with two attached hydrogens (primary N) is 1. The van der Waals surface area contributed by atoms with E-state index in [0.29, 0.717) is 23.8 Å². The monoisotopic (exact) mass is 385 g/mol. The molecule has 0 aliphatic heterocycles. The molecule has 2 aromatic carbocycles. The normalized spacial score (nSPS) is 10.3. The Balaban J connectivity index is 2.16. The van der Waals surface area contributed by atoms with Gasteiger partial charge in [-0.3, -0.25) is 0 Å². The van der Waals surface area contributed by atoms with Crippen LogP contribution in [0.15, 0.2) is 45.3 Å². The maximum atomic E-state index is 5.84. The minimum atomic E-state index is 0.427. The molecule has 19 heavy (non-hydrogen) atoms. The van der Waals surface area contributed by atoms with Gasteiger partial charge >= 0.3 is 0 Å². The molecular formula is C14H13Br2NO2. The molecule has 100 valence electrons. The van der Waals surface area contributed by atoms with E-state index in [1.54, 1.807) is 7.11 Å². The molecule has 3 nitrogen and oxygen atoms in total. The molecule has 0 aromatic heterocycles. The van der Waals surface area contributed by atoms with Crippen molar-refractivity contribution in [2.45, 2.75) is 6.61 Å². The van der Waals surface area contributed by atoms with Gasteiger partial charge in [0.2, 0.25) is 0 Å². The molecule has 0 amide bonds. The smallest absolute Gasteiger partial charge is 0.175 e. The van der Waals surface area contributed by atoms with Gasteiger partial charge in [-0.2, -0.15) is 0 Å². The lowest BCUT2D eigenvalue weighted by molar-refractivity contribution is 0.282. The number of ether oxygens (including phenoxy) is 2. The first kappa shape index (κ1) is 14.2. The van der Waals surface area contributed by atoms with E-state index in [0.717, 1.165) is 14.5 Å². The van der Waals surface area contributed by atoms with Crippen LogP contribution in [-0.4, -0.2) is 7.11 Å². The van der Waals surface area contributed by atoms with E-state index in [4.69, 9.17) is 15.2 Å². The van der Waals surface area contributed by atoms with Crippen LogP contribution in [0.2, 0.25) is 0 Å². The van der Waals surface area contributed by atoms with Gasteiger partial charge in [-0.1, -0.05) is 12.1 Å². The van der Waals surface area contributed by atoms with E-state index in [9.17, 15) is 0 Å². The topological polar surface area (TPSA) is 44.5 Å². The zero-order valence-corrected chi connectivity index (χ0v) is 13.5. The molecule has 0 aliphatic carbocycles. The third-order valence-electron chi connectivity index (χ3n) is 2.59. The van der Waals surface area contributed by atoms with Crippen molar-refractivity contribution in [1.29, 1.82) is 0 Å². The number of anilines is 1. The maximum absolute atomic E-state index is 5.84. The zero-order chi connectivity index (χ0) is 13.8. The van der Waals surface area contributed by atoms with Crippen molar-refractivity contribution < 1.29 is 9.47 Å². The minimum Gasteiger partial charge on any atom is -0.493 e. The molecule has 0 radical (unpaired) electrons. The summed E-state index contributed by atoms with van der Waals surface area (Å²) in [4.78, 5) is 0. The molecule has 0 aliphatic rings. The summed E-state index contributed by atoms with van der Waals surface area (Å²) in [6, 6.07) is 11.4. The van der Waals surface area contributed by atoms with Crippen molar-refractivity contribution >= 4 is 37.5 Å². The number of hydrogen-bond acceptors (Lipinski definition) is 3. The summed E-state index contributed by atoms with van der Waals surface area (Å²) in [7, 11) is 1.62. The van der Waals surface area contributed by atoms with Crippen LogP contribution in [0.3, 0.4) is 0 Å². The first-order valence-corrected chi connectivity index (χ1v) is 7.19. The van der Waals surface area contributed by atoms with E-state index in [2.05, 4.69) is 31.9 Å². The molecule has 0 bridgehead atoms. The van der Waals surface area contributed by atoms with Crippen LogP contribution in [0, 0.1) is 0 Å². The Labute approximate surface area is 129 Å². The second kappa shape index (κ2) is 6.30. The maximum Gasteiger partial charge on any atom is 0.175 e. The van der Waals surface area contributed by atoms with Gasteiger partial charge in [-0.05, 0) is 61.7 Å². The Morgan fingerprint density at radius 1 is 1.11 bits per heavy atom. The van der Waals surface area contributed by atoms with Crippen molar-refractivity contribution in [3.8, 4) is 11.5 Å². The molecular weight excluding hydrogens is 374 g/mol. The fourth-order valence-electron chi connectivity index (χ4n) is 1.63. The number of methoxy groups -OCH3 is 1. The van der Waals surface area contributed by atoms with E-state index in [-0.39, 0.29) is 0 Å². The molecule has 0 saturated carbocycles. The Morgan fingerprint density at radius 3 is 2.58 bits per heavy atom. The average Bonchev–Trinajstić information content (AvgIpc) is 2.41. The molecule has 0 spiro atoms. The number of para-hydroxylation sites is 1. The minimum absolute atomic E-state index is 0.427. The Kier molecular flexibility index (Phi) is 4.71. The highest BCUT2D eigenvalue weighted by Gasteiger charge is 2.09. The SMILES string of the molecule is COc1cccc(Br)c1OCc1ccc(Br)c(N)c1. The van der Waals surface area contributed by atoms with Gasteiger partial charge in [0.25, 0.3) is 0 Å². The standard InChI is InChI=1S/C14H13Br2NO2/c1-18-13-4-2-3-11(16)14(13)19-8-9-5-6-10(15)12(17)7-9/h2-7H,8,17H2,1H3. The van der Waals surface area contributed by atoms with E-state index < -0.39 is 0 Å². The Bertz CT molecular complexity index is 588. The molecule has 2 rings (SSSR count). The summed E-state index contributed by atoms with van der Waals surface area (Å²) < 4.78 is 12.8. The molecule has 2 aromatic rings. The predicted molar refractivity (Wildman–Crippen MR) is 83.6 cm³/mol. The fourth-order valence-corrected chi connectivity index (χ4v) is 2.34. The molecule has 0 fully saturated rings. The third-order valence-corrected chi connectivity index (χ3v) is 3.94. The van der Waals surface area contributed by atoms with Crippen molar-refractivity contribution in [3.63, 3.8) is 0 Å². The molecule has 0 saturated heterocycles. The summed E-state index contributed by atoms with van der Waals surface area (Å²) in [5.41, 5.74) is 7.53. The van der Waals surface area contributed by atoms with Crippen LogP contribution in [0.25, 0.3) is 0 Å². The highest BCUT2D eigenvalue weighted by molar-refractivity contribution is 9.11. The zero-order valence-electron chi connectivity index (χ0n) is 10.3. The predicted octanol–water partition coefficient (Wildman–Crippen LogP) is 4.38. The molecule has 2 N–H and O–H groups in total. The first-order chi connectivity index (χ1) is 9.11. The summed E-state index contributed by atoms with van der Waals surface area (Å²) in [6.07, 6.45) is 0. The van der Waals surface area contributed by atoms with Crippen LogP contribution in [0.4, 0.5) is 5.69 Å². The fraction of sp³-hybridized carbons (Fsp3) is 0.143. The van der Waals surface area contributed by atoms with Gasteiger partial charge in [0.1, 0.15) is 6.61 Å². The summed E-state index contributed by atoms with van der Waals surface area (Å²) in [6.45, 7) is 0.427. The second-order valence-electron chi connectivity index (χ2n) is 3.92. The van der Waals surface area contributed by atoms with Crippen LogP contribution < -0.4 is 15.2 Å². The van der Waals surface area contributed by atoms with Gasteiger partial charge in [0, 0.05) is 10.2 Å². The number of benzene rings is 2. The van der Waals surface area contributed by atoms with Crippen molar-refractivity contribution in [2.24, 2.45) is 0 Å². The lowest BCUT2D eigenvalue weighted by atomic mass is 10.2. The molecule has 0 heterocycles. The Hall–Kier alpha value is -1.20. The van der Waals surface area contributed by atoms with Gasteiger partial charge in [-0.15, -0.1) is 0 Å². The van der Waals surface area contributed by atoms with E-state index >= 15 is 0 Å². The van der Waals surface area contributed by atoms with E-state index in [1.807, 2.05) is 36.4 Å². The van der Waals surface area contributed by atoms with Crippen LogP contribution in [-0.2, 0) is 6.61 Å². The average molecular weight is 387 g/mol. The second-order valence-corrected chi connectivity index (χ2v) is 5.62.